The average molecular weight is 282 g/mol. The van der Waals surface area contributed by atoms with Crippen molar-refractivity contribution in [2.75, 3.05) is 0 Å². The third-order valence-corrected chi connectivity index (χ3v) is 4.48. The van der Waals surface area contributed by atoms with Gasteiger partial charge in [-0.3, -0.25) is 4.79 Å². The van der Waals surface area contributed by atoms with E-state index in [9.17, 15) is 4.79 Å². The highest BCUT2D eigenvalue weighted by Crippen LogP contribution is 2.34. The summed E-state index contributed by atoms with van der Waals surface area (Å²) in [6.45, 7) is 13.1. The number of carbonyl (C=O) groups is 1. The van der Waals surface area contributed by atoms with Crippen molar-refractivity contribution in [3.05, 3.63) is 0 Å². The molecule has 1 saturated carbocycles. The van der Waals surface area contributed by atoms with E-state index < -0.39 is 0 Å². The lowest BCUT2D eigenvalue weighted by Gasteiger charge is -2.42. The van der Waals surface area contributed by atoms with Crippen LogP contribution in [0.1, 0.15) is 73.6 Å². The van der Waals surface area contributed by atoms with Crippen LogP contribution in [-0.4, -0.2) is 18.0 Å². The summed E-state index contributed by atoms with van der Waals surface area (Å²) in [6, 6.07) is -0.223. The Hall–Kier alpha value is -0.570. The lowest BCUT2D eigenvalue weighted by atomic mass is 9.71. The van der Waals surface area contributed by atoms with Gasteiger partial charge in [0, 0.05) is 6.04 Å². The zero-order valence-electron chi connectivity index (χ0n) is 14.3. The molecule has 0 heterocycles. The maximum atomic E-state index is 12.5. The first-order chi connectivity index (χ1) is 9.03. The van der Waals surface area contributed by atoms with Crippen LogP contribution < -0.4 is 11.1 Å². The Morgan fingerprint density at radius 3 is 1.85 bits per heavy atom. The number of nitrogens with two attached hydrogens (primary N) is 1. The van der Waals surface area contributed by atoms with Crippen molar-refractivity contribution in [1.82, 2.24) is 5.32 Å². The number of hydrogen-bond donors (Lipinski definition) is 2. The SMILES string of the molecule is CC(C)(C)C(NC(=O)[C@@H](N)C1CCCCC1)C(C)(C)C. The molecule has 3 nitrogen and oxygen atoms in total. The number of nitrogens with one attached hydrogen (secondary N) is 1. The molecule has 1 aliphatic rings. The maximum Gasteiger partial charge on any atom is 0.237 e. The Balaban J connectivity index is 2.70. The molecule has 1 rings (SSSR count). The quantitative estimate of drug-likeness (QED) is 0.832. The van der Waals surface area contributed by atoms with E-state index in [1.54, 1.807) is 0 Å². The Kier molecular flexibility index (Phi) is 5.65. The molecule has 3 heteroatoms. The molecule has 0 spiro atoms. The standard InChI is InChI=1S/C17H34N2O/c1-16(2,3)15(17(4,5)6)19-14(20)13(18)12-10-8-7-9-11-12/h12-13,15H,7-11,18H2,1-6H3,(H,19,20)/t13-/m0/s1. The number of carbonyl (C=O) groups excluding carboxylic acids is 1. The number of rotatable bonds is 3. The minimum atomic E-state index is -0.345. The van der Waals surface area contributed by atoms with Crippen molar-refractivity contribution in [1.29, 1.82) is 0 Å². The van der Waals surface area contributed by atoms with Gasteiger partial charge >= 0.3 is 0 Å². The van der Waals surface area contributed by atoms with Crippen LogP contribution in [0, 0.1) is 16.7 Å². The zero-order valence-corrected chi connectivity index (χ0v) is 14.3. The van der Waals surface area contributed by atoms with Crippen molar-refractivity contribution < 1.29 is 4.79 Å². The highest BCUT2D eigenvalue weighted by molar-refractivity contribution is 5.82. The molecule has 0 unspecified atom stereocenters. The van der Waals surface area contributed by atoms with Crippen LogP contribution in [0.5, 0.6) is 0 Å². The van der Waals surface area contributed by atoms with Gasteiger partial charge in [0.2, 0.25) is 5.91 Å². The van der Waals surface area contributed by atoms with Gasteiger partial charge in [-0.2, -0.15) is 0 Å². The first kappa shape index (κ1) is 17.5. The molecular weight excluding hydrogens is 248 g/mol. The normalized spacial score (nSPS) is 20.0. The van der Waals surface area contributed by atoms with Gasteiger partial charge in [0.25, 0.3) is 0 Å². The second-order valence-corrected chi connectivity index (χ2v) is 8.60. The summed E-state index contributed by atoms with van der Waals surface area (Å²) in [5.74, 6) is 0.399. The van der Waals surface area contributed by atoms with E-state index in [0.717, 1.165) is 12.8 Å². The largest absolute Gasteiger partial charge is 0.351 e. The molecule has 3 N–H and O–H groups in total. The first-order valence-corrected chi connectivity index (χ1v) is 8.09. The lowest BCUT2D eigenvalue weighted by molar-refractivity contribution is -0.126. The van der Waals surface area contributed by atoms with Crippen LogP contribution in [-0.2, 0) is 4.79 Å². The van der Waals surface area contributed by atoms with E-state index in [1.807, 2.05) is 0 Å². The molecule has 20 heavy (non-hydrogen) atoms. The molecule has 1 fully saturated rings. The predicted octanol–water partition coefficient (Wildman–Crippen LogP) is 3.47. The molecular formula is C17H34N2O. The lowest BCUT2D eigenvalue weighted by Crippen LogP contribution is -2.56. The molecule has 0 saturated heterocycles. The first-order valence-electron chi connectivity index (χ1n) is 8.09. The molecule has 1 amide bonds. The Bertz CT molecular complexity index is 305. The maximum absolute atomic E-state index is 12.5. The Morgan fingerprint density at radius 2 is 1.45 bits per heavy atom. The third-order valence-electron chi connectivity index (χ3n) is 4.48. The van der Waals surface area contributed by atoms with Gasteiger partial charge in [0.15, 0.2) is 0 Å². The average Bonchev–Trinajstić information content (AvgIpc) is 2.33. The van der Waals surface area contributed by atoms with Crippen molar-refractivity contribution >= 4 is 5.91 Å². The molecule has 0 aromatic carbocycles. The zero-order chi connectivity index (χ0) is 15.6. The van der Waals surface area contributed by atoms with Gasteiger partial charge in [-0.15, -0.1) is 0 Å². The summed E-state index contributed by atoms with van der Waals surface area (Å²) >= 11 is 0. The molecule has 0 bridgehead atoms. The van der Waals surface area contributed by atoms with Crippen molar-refractivity contribution in [3.8, 4) is 0 Å². The minimum Gasteiger partial charge on any atom is -0.351 e. The summed E-state index contributed by atoms with van der Waals surface area (Å²) in [7, 11) is 0. The molecule has 0 aromatic rings. The summed E-state index contributed by atoms with van der Waals surface area (Å²) in [5.41, 5.74) is 6.27. The van der Waals surface area contributed by atoms with Gasteiger partial charge in [-0.05, 0) is 29.6 Å². The van der Waals surface area contributed by atoms with Crippen LogP contribution in [0.3, 0.4) is 0 Å². The number of amides is 1. The fraction of sp³-hybridized carbons (Fsp3) is 0.941. The van der Waals surface area contributed by atoms with Crippen molar-refractivity contribution in [3.63, 3.8) is 0 Å². The van der Waals surface area contributed by atoms with Crippen LogP contribution in [0.2, 0.25) is 0 Å². The van der Waals surface area contributed by atoms with E-state index in [4.69, 9.17) is 5.73 Å². The van der Waals surface area contributed by atoms with Crippen molar-refractivity contribution in [2.45, 2.75) is 85.7 Å². The predicted molar refractivity (Wildman–Crippen MR) is 85.4 cm³/mol. The van der Waals surface area contributed by atoms with E-state index in [0.29, 0.717) is 5.92 Å². The summed E-state index contributed by atoms with van der Waals surface area (Å²) in [6.07, 6.45) is 5.92. The summed E-state index contributed by atoms with van der Waals surface area (Å²) in [5, 5.41) is 3.23. The van der Waals surface area contributed by atoms with Crippen LogP contribution >= 0.6 is 0 Å². The molecule has 1 aliphatic carbocycles. The van der Waals surface area contributed by atoms with E-state index in [2.05, 4.69) is 46.9 Å². The molecule has 118 valence electrons. The van der Waals surface area contributed by atoms with Crippen LogP contribution in [0.25, 0.3) is 0 Å². The molecule has 0 aliphatic heterocycles. The van der Waals surface area contributed by atoms with Crippen molar-refractivity contribution in [2.24, 2.45) is 22.5 Å². The second kappa shape index (κ2) is 6.46. The minimum absolute atomic E-state index is 0.0280. The van der Waals surface area contributed by atoms with Gasteiger partial charge in [0.1, 0.15) is 0 Å². The van der Waals surface area contributed by atoms with Gasteiger partial charge < -0.3 is 11.1 Å². The number of hydrogen-bond acceptors (Lipinski definition) is 2. The van der Waals surface area contributed by atoms with E-state index in [1.165, 1.54) is 19.3 Å². The smallest absolute Gasteiger partial charge is 0.237 e. The van der Waals surface area contributed by atoms with E-state index >= 15 is 0 Å². The monoisotopic (exact) mass is 282 g/mol. The molecule has 0 aromatic heterocycles. The fourth-order valence-corrected chi connectivity index (χ4v) is 3.68. The Labute approximate surface area is 125 Å². The third kappa shape index (κ3) is 4.76. The second-order valence-electron chi connectivity index (χ2n) is 8.60. The topological polar surface area (TPSA) is 55.1 Å². The molecule has 1 atom stereocenters. The molecule has 0 radical (unpaired) electrons. The van der Waals surface area contributed by atoms with E-state index in [-0.39, 0.29) is 28.8 Å². The van der Waals surface area contributed by atoms with Gasteiger partial charge in [-0.25, -0.2) is 0 Å². The summed E-state index contributed by atoms with van der Waals surface area (Å²) in [4.78, 5) is 12.5. The summed E-state index contributed by atoms with van der Waals surface area (Å²) < 4.78 is 0. The Morgan fingerprint density at radius 1 is 1.00 bits per heavy atom. The van der Waals surface area contributed by atoms with Crippen LogP contribution in [0.4, 0.5) is 0 Å². The van der Waals surface area contributed by atoms with Gasteiger partial charge in [-0.1, -0.05) is 60.8 Å². The highest BCUT2D eigenvalue weighted by Gasteiger charge is 2.37. The van der Waals surface area contributed by atoms with Crippen LogP contribution in [0.15, 0.2) is 0 Å². The highest BCUT2D eigenvalue weighted by atomic mass is 16.2. The van der Waals surface area contributed by atoms with Gasteiger partial charge in [0.05, 0.1) is 6.04 Å². The fourth-order valence-electron chi connectivity index (χ4n) is 3.68.